The molecular formula is C37H67NO5S. The van der Waals surface area contributed by atoms with Crippen molar-refractivity contribution in [3.05, 3.63) is 48.6 Å². The number of unbranched alkanes of at least 4 members (excludes halogenated alkanes) is 17. The third kappa shape index (κ3) is 31.7. The maximum Gasteiger partial charge on any atom is 0.267 e. The highest BCUT2D eigenvalue weighted by atomic mass is 32.2. The SMILES string of the molecule is CCCC/C=C\CCCCCCCC(=O)NC(CS(=O)(=O)O)C(O)/C=C/CC/C=C/CC/C=C/CCCCCCCCCC. The molecule has 0 aliphatic carbocycles. The highest BCUT2D eigenvalue weighted by molar-refractivity contribution is 7.85. The zero-order valence-corrected chi connectivity index (χ0v) is 29.1. The Balaban J connectivity index is 4.10. The number of hydrogen-bond acceptors (Lipinski definition) is 4. The van der Waals surface area contributed by atoms with Gasteiger partial charge in [0, 0.05) is 6.42 Å². The van der Waals surface area contributed by atoms with Crippen LogP contribution < -0.4 is 5.32 Å². The van der Waals surface area contributed by atoms with Crippen LogP contribution in [0.15, 0.2) is 48.6 Å². The number of aliphatic hydroxyl groups is 1. The Morgan fingerprint density at radius 1 is 0.591 bits per heavy atom. The first-order valence-electron chi connectivity index (χ1n) is 17.8. The van der Waals surface area contributed by atoms with E-state index < -0.39 is 28.0 Å². The van der Waals surface area contributed by atoms with Gasteiger partial charge < -0.3 is 10.4 Å². The predicted octanol–water partition coefficient (Wildman–Crippen LogP) is 9.96. The van der Waals surface area contributed by atoms with Gasteiger partial charge in [0.05, 0.1) is 17.9 Å². The lowest BCUT2D eigenvalue weighted by Crippen LogP contribution is -2.46. The summed E-state index contributed by atoms with van der Waals surface area (Å²) in [6, 6.07) is -1.08. The van der Waals surface area contributed by atoms with Gasteiger partial charge in [0.25, 0.3) is 10.1 Å². The topological polar surface area (TPSA) is 104 Å². The minimum atomic E-state index is -4.35. The standard InChI is InChI=1S/C37H67NO5S/c1-3-5-7-9-11-13-15-16-17-18-19-20-21-23-24-26-28-30-32-36(39)35(34-44(41,42)43)38-37(40)33-31-29-27-25-22-14-12-10-8-6-4-2/h10,12,18-19,23-24,30,32,35-36,39H,3-9,11,13-17,20-22,25-29,31,33-34H2,1-2H3,(H,38,40)(H,41,42,43)/b12-10-,19-18+,24-23+,32-30+. The molecule has 7 heteroatoms. The number of amides is 1. The summed E-state index contributed by atoms with van der Waals surface area (Å²) in [6.45, 7) is 4.45. The average molecular weight is 638 g/mol. The molecule has 0 bridgehead atoms. The van der Waals surface area contributed by atoms with E-state index in [0.717, 1.165) is 57.8 Å². The van der Waals surface area contributed by atoms with Crippen molar-refractivity contribution >= 4 is 16.0 Å². The van der Waals surface area contributed by atoms with Crippen molar-refractivity contribution in [2.75, 3.05) is 5.75 Å². The molecule has 0 saturated carbocycles. The van der Waals surface area contributed by atoms with Crippen molar-refractivity contribution < 1.29 is 22.9 Å². The number of aliphatic hydroxyl groups excluding tert-OH is 1. The lowest BCUT2D eigenvalue weighted by Gasteiger charge is -2.21. The molecule has 0 aliphatic rings. The van der Waals surface area contributed by atoms with Crippen LogP contribution in [0.5, 0.6) is 0 Å². The van der Waals surface area contributed by atoms with Gasteiger partial charge >= 0.3 is 0 Å². The molecule has 0 aromatic rings. The van der Waals surface area contributed by atoms with Crippen molar-refractivity contribution in [2.24, 2.45) is 0 Å². The Labute approximate surface area is 271 Å². The van der Waals surface area contributed by atoms with Crippen LogP contribution >= 0.6 is 0 Å². The van der Waals surface area contributed by atoms with Gasteiger partial charge in [0.1, 0.15) is 0 Å². The van der Waals surface area contributed by atoms with Crippen molar-refractivity contribution in [2.45, 2.75) is 174 Å². The molecule has 0 aromatic heterocycles. The summed E-state index contributed by atoms with van der Waals surface area (Å²) in [5.41, 5.74) is 0. The molecule has 2 unspecified atom stereocenters. The van der Waals surface area contributed by atoms with Crippen molar-refractivity contribution in [1.82, 2.24) is 5.32 Å². The number of nitrogens with one attached hydrogen (secondary N) is 1. The first-order valence-corrected chi connectivity index (χ1v) is 19.4. The van der Waals surface area contributed by atoms with E-state index in [9.17, 15) is 22.9 Å². The molecule has 6 nitrogen and oxygen atoms in total. The van der Waals surface area contributed by atoms with E-state index in [0.29, 0.717) is 12.8 Å². The van der Waals surface area contributed by atoms with Crippen LogP contribution in [0.3, 0.4) is 0 Å². The second-order valence-corrected chi connectivity index (χ2v) is 13.6. The Hall–Kier alpha value is -1.70. The van der Waals surface area contributed by atoms with Crippen molar-refractivity contribution in [1.29, 1.82) is 0 Å². The second kappa shape index (κ2) is 31.3. The van der Waals surface area contributed by atoms with Gasteiger partial charge in [-0.25, -0.2) is 0 Å². The summed E-state index contributed by atoms with van der Waals surface area (Å²) in [4.78, 5) is 12.4. The molecule has 44 heavy (non-hydrogen) atoms. The molecule has 2 atom stereocenters. The lowest BCUT2D eigenvalue weighted by atomic mass is 10.1. The Morgan fingerprint density at radius 3 is 1.50 bits per heavy atom. The molecule has 256 valence electrons. The first kappa shape index (κ1) is 42.3. The summed E-state index contributed by atoms with van der Waals surface area (Å²) in [5.74, 6) is -1.03. The van der Waals surface area contributed by atoms with Crippen molar-refractivity contribution in [3.8, 4) is 0 Å². The highest BCUT2D eigenvalue weighted by Gasteiger charge is 2.24. The Morgan fingerprint density at radius 2 is 1.00 bits per heavy atom. The van der Waals surface area contributed by atoms with E-state index in [1.165, 1.54) is 76.7 Å². The number of allylic oxidation sites excluding steroid dienone is 7. The van der Waals surface area contributed by atoms with Gasteiger partial charge in [0.15, 0.2) is 0 Å². The fourth-order valence-corrected chi connectivity index (χ4v) is 5.72. The molecule has 3 N–H and O–H groups in total. The van der Waals surface area contributed by atoms with Crippen LogP contribution in [-0.4, -0.2) is 41.9 Å². The molecule has 0 aliphatic heterocycles. The largest absolute Gasteiger partial charge is 0.387 e. The van der Waals surface area contributed by atoms with Gasteiger partial charge in [-0.3, -0.25) is 9.35 Å². The van der Waals surface area contributed by atoms with Gasteiger partial charge in [0.2, 0.25) is 5.91 Å². The minimum Gasteiger partial charge on any atom is -0.387 e. The summed E-state index contributed by atoms with van der Waals surface area (Å²) < 4.78 is 32.3. The maximum absolute atomic E-state index is 12.4. The minimum absolute atomic E-state index is 0.272. The van der Waals surface area contributed by atoms with Gasteiger partial charge in [-0.05, 0) is 64.2 Å². The van der Waals surface area contributed by atoms with Crippen LogP contribution in [0.2, 0.25) is 0 Å². The normalized spacial score (nSPS) is 14.0. The summed E-state index contributed by atoms with van der Waals surface area (Å²) in [6.07, 6.45) is 41.0. The van der Waals surface area contributed by atoms with Crippen LogP contribution in [0.4, 0.5) is 0 Å². The molecule has 0 heterocycles. The highest BCUT2D eigenvalue weighted by Crippen LogP contribution is 2.11. The van der Waals surface area contributed by atoms with E-state index in [1.807, 2.05) is 0 Å². The number of carbonyl (C=O) groups excluding carboxylic acids is 1. The Kier molecular flexibility index (Phi) is 30.1. The predicted molar refractivity (Wildman–Crippen MR) is 188 cm³/mol. The Bertz CT molecular complexity index is 878. The van der Waals surface area contributed by atoms with Gasteiger partial charge in [-0.15, -0.1) is 0 Å². The molecule has 0 saturated heterocycles. The van der Waals surface area contributed by atoms with Crippen LogP contribution in [-0.2, 0) is 14.9 Å². The monoisotopic (exact) mass is 637 g/mol. The smallest absolute Gasteiger partial charge is 0.267 e. The zero-order chi connectivity index (χ0) is 32.6. The number of hydrogen-bond donors (Lipinski definition) is 3. The van der Waals surface area contributed by atoms with E-state index in [4.69, 9.17) is 0 Å². The molecule has 0 fully saturated rings. The van der Waals surface area contributed by atoms with E-state index in [1.54, 1.807) is 6.08 Å². The first-order chi connectivity index (χ1) is 21.3. The molecular weight excluding hydrogens is 570 g/mol. The van der Waals surface area contributed by atoms with Crippen LogP contribution in [0.1, 0.15) is 162 Å². The lowest BCUT2D eigenvalue weighted by molar-refractivity contribution is -0.122. The summed E-state index contributed by atoms with van der Waals surface area (Å²) >= 11 is 0. The van der Waals surface area contributed by atoms with E-state index >= 15 is 0 Å². The third-order valence-corrected chi connectivity index (χ3v) is 8.49. The molecule has 0 radical (unpaired) electrons. The van der Waals surface area contributed by atoms with Crippen LogP contribution in [0, 0.1) is 0 Å². The van der Waals surface area contributed by atoms with Crippen LogP contribution in [0.25, 0.3) is 0 Å². The second-order valence-electron chi connectivity index (χ2n) is 12.1. The van der Waals surface area contributed by atoms with Gasteiger partial charge in [-0.1, -0.05) is 140 Å². The third-order valence-electron chi connectivity index (χ3n) is 7.71. The summed E-state index contributed by atoms with van der Waals surface area (Å²) in [7, 11) is -4.35. The fourth-order valence-electron chi connectivity index (χ4n) is 4.99. The number of rotatable bonds is 31. The van der Waals surface area contributed by atoms with E-state index in [2.05, 4.69) is 55.6 Å². The molecule has 1 amide bonds. The maximum atomic E-state index is 12.4. The summed E-state index contributed by atoms with van der Waals surface area (Å²) in [5, 5.41) is 13.1. The zero-order valence-electron chi connectivity index (χ0n) is 28.3. The fraction of sp³-hybridized carbons (Fsp3) is 0.757. The number of carbonyl (C=O) groups is 1. The van der Waals surface area contributed by atoms with Gasteiger partial charge in [-0.2, -0.15) is 8.42 Å². The molecule has 0 rings (SSSR count). The average Bonchev–Trinajstić information content (AvgIpc) is 2.98. The molecule has 0 spiro atoms. The quantitative estimate of drug-likeness (QED) is 0.0399. The van der Waals surface area contributed by atoms with E-state index in [-0.39, 0.29) is 12.3 Å². The molecule has 0 aromatic carbocycles. The van der Waals surface area contributed by atoms with Crippen molar-refractivity contribution in [3.63, 3.8) is 0 Å².